The molecule has 0 bridgehead atoms. The fraction of sp³-hybridized carbons (Fsp3) is 0.240. The maximum Gasteiger partial charge on any atom is 0.321 e. The van der Waals surface area contributed by atoms with Crippen LogP contribution < -0.4 is 10.2 Å². The zero-order chi connectivity index (χ0) is 20.2. The van der Waals surface area contributed by atoms with Crippen molar-refractivity contribution in [2.45, 2.75) is 13.8 Å². The molecule has 0 unspecified atom stereocenters. The highest BCUT2D eigenvalue weighted by Gasteiger charge is 2.22. The first-order valence-corrected chi connectivity index (χ1v) is 10.1. The average Bonchev–Trinajstić information content (AvgIpc) is 2.77. The Hall–Kier alpha value is -2.98. The topological polar surface area (TPSA) is 35.6 Å². The Kier molecular flexibility index (Phi) is 7.01. The average molecular weight is 422 g/mol. The van der Waals surface area contributed by atoms with E-state index in [1.54, 1.807) is 0 Å². The van der Waals surface area contributed by atoms with E-state index in [-0.39, 0.29) is 18.4 Å². The molecule has 1 aliphatic rings. The number of urea groups is 1. The van der Waals surface area contributed by atoms with Gasteiger partial charge in [0, 0.05) is 37.6 Å². The fourth-order valence-electron chi connectivity index (χ4n) is 3.81. The number of piperazine rings is 1. The van der Waals surface area contributed by atoms with Gasteiger partial charge in [0.05, 0.1) is 0 Å². The van der Waals surface area contributed by atoms with Crippen molar-refractivity contribution < 1.29 is 4.79 Å². The van der Waals surface area contributed by atoms with Crippen molar-refractivity contribution in [3.63, 3.8) is 0 Å². The third kappa shape index (κ3) is 4.77. The zero-order valence-electron chi connectivity index (χ0n) is 17.5. The van der Waals surface area contributed by atoms with Gasteiger partial charge in [0.2, 0.25) is 0 Å². The lowest BCUT2D eigenvalue weighted by Gasteiger charge is -2.37. The molecule has 3 aromatic carbocycles. The molecule has 0 saturated carbocycles. The molecule has 1 saturated heterocycles. The molecule has 0 spiro atoms. The summed E-state index contributed by atoms with van der Waals surface area (Å²) >= 11 is 0. The highest BCUT2D eigenvalue weighted by Crippen LogP contribution is 2.24. The van der Waals surface area contributed by atoms with E-state index >= 15 is 0 Å². The van der Waals surface area contributed by atoms with Gasteiger partial charge in [-0.3, -0.25) is 0 Å². The van der Waals surface area contributed by atoms with Crippen LogP contribution in [-0.2, 0) is 0 Å². The van der Waals surface area contributed by atoms with Crippen LogP contribution in [0, 0.1) is 13.8 Å². The van der Waals surface area contributed by atoms with E-state index in [2.05, 4.69) is 54.4 Å². The molecule has 4 nitrogen and oxygen atoms in total. The Balaban J connectivity index is 0.00000256. The summed E-state index contributed by atoms with van der Waals surface area (Å²) in [6.45, 7) is 7.46. The van der Waals surface area contributed by atoms with Crippen molar-refractivity contribution in [1.82, 2.24) is 4.90 Å². The van der Waals surface area contributed by atoms with Gasteiger partial charge in [0.25, 0.3) is 0 Å². The largest absolute Gasteiger partial charge is 0.368 e. The van der Waals surface area contributed by atoms with Crippen molar-refractivity contribution in [2.24, 2.45) is 0 Å². The molecule has 0 aliphatic carbocycles. The molecule has 2 amide bonds. The summed E-state index contributed by atoms with van der Waals surface area (Å²) < 4.78 is 0. The predicted molar refractivity (Wildman–Crippen MR) is 128 cm³/mol. The van der Waals surface area contributed by atoms with E-state index in [0.717, 1.165) is 37.4 Å². The van der Waals surface area contributed by atoms with Crippen LogP contribution in [0.15, 0.2) is 72.8 Å². The SMILES string of the molecule is Cc1cccc(N2CCN(C(=O)Nc3ccc(-c4ccccc4)cc3)CC2)c1C.Cl. The smallest absolute Gasteiger partial charge is 0.321 e. The van der Waals surface area contributed by atoms with Crippen LogP contribution in [-0.4, -0.2) is 37.1 Å². The summed E-state index contributed by atoms with van der Waals surface area (Å²) in [7, 11) is 0. The molecule has 1 fully saturated rings. The van der Waals surface area contributed by atoms with Gasteiger partial charge in [-0.15, -0.1) is 12.4 Å². The number of carbonyl (C=O) groups is 1. The first-order chi connectivity index (χ1) is 14.1. The monoisotopic (exact) mass is 421 g/mol. The molecule has 1 aliphatic heterocycles. The van der Waals surface area contributed by atoms with Crippen LogP contribution in [0.1, 0.15) is 11.1 Å². The van der Waals surface area contributed by atoms with Crippen LogP contribution >= 0.6 is 12.4 Å². The second-order valence-electron chi connectivity index (χ2n) is 7.57. The van der Waals surface area contributed by atoms with Gasteiger partial charge in [0.1, 0.15) is 0 Å². The Morgan fingerprint density at radius 1 is 0.767 bits per heavy atom. The standard InChI is InChI=1S/C25H27N3O.ClH/c1-19-7-6-10-24(20(19)2)27-15-17-28(18-16-27)25(29)26-23-13-11-22(12-14-23)21-8-4-3-5-9-21;/h3-14H,15-18H2,1-2H3,(H,26,29);1H. The predicted octanol–water partition coefficient (Wildman–Crippen LogP) is 5.75. The number of hydrogen-bond acceptors (Lipinski definition) is 2. The van der Waals surface area contributed by atoms with Crippen LogP contribution in [0.3, 0.4) is 0 Å². The van der Waals surface area contributed by atoms with Crippen molar-refractivity contribution >= 4 is 29.8 Å². The maximum absolute atomic E-state index is 12.7. The molecular weight excluding hydrogens is 394 g/mol. The lowest BCUT2D eigenvalue weighted by molar-refractivity contribution is 0.208. The third-order valence-electron chi connectivity index (χ3n) is 5.73. The summed E-state index contributed by atoms with van der Waals surface area (Å²) in [4.78, 5) is 17.0. The number of anilines is 2. The minimum absolute atomic E-state index is 0. The number of amides is 2. The van der Waals surface area contributed by atoms with Crippen molar-refractivity contribution in [3.05, 3.63) is 83.9 Å². The van der Waals surface area contributed by atoms with E-state index < -0.39 is 0 Å². The van der Waals surface area contributed by atoms with E-state index in [9.17, 15) is 4.79 Å². The van der Waals surface area contributed by atoms with Crippen LogP contribution in [0.4, 0.5) is 16.2 Å². The van der Waals surface area contributed by atoms with Crippen molar-refractivity contribution in [1.29, 1.82) is 0 Å². The number of carbonyl (C=O) groups excluding carboxylic acids is 1. The first kappa shape index (κ1) is 21.7. The summed E-state index contributed by atoms with van der Waals surface area (Å²) in [6, 6.07) is 24.7. The van der Waals surface area contributed by atoms with Gasteiger partial charge in [-0.1, -0.05) is 54.6 Å². The number of aryl methyl sites for hydroxylation is 1. The van der Waals surface area contributed by atoms with Crippen LogP contribution in [0.5, 0.6) is 0 Å². The normalized spacial score (nSPS) is 13.5. The first-order valence-electron chi connectivity index (χ1n) is 10.1. The number of hydrogen-bond donors (Lipinski definition) is 1. The molecule has 0 radical (unpaired) electrons. The Morgan fingerprint density at radius 2 is 1.40 bits per heavy atom. The minimum Gasteiger partial charge on any atom is -0.368 e. The fourth-order valence-corrected chi connectivity index (χ4v) is 3.81. The molecule has 1 heterocycles. The Morgan fingerprint density at radius 3 is 2.07 bits per heavy atom. The van der Waals surface area contributed by atoms with Crippen LogP contribution in [0.2, 0.25) is 0 Å². The molecule has 0 atom stereocenters. The summed E-state index contributed by atoms with van der Waals surface area (Å²) in [6.07, 6.45) is 0. The van der Waals surface area contributed by atoms with Gasteiger partial charge in [-0.05, 0) is 54.3 Å². The molecule has 30 heavy (non-hydrogen) atoms. The molecule has 1 N–H and O–H groups in total. The van der Waals surface area contributed by atoms with Gasteiger partial charge < -0.3 is 15.1 Å². The van der Waals surface area contributed by atoms with Gasteiger partial charge in [0.15, 0.2) is 0 Å². The summed E-state index contributed by atoms with van der Waals surface area (Å²) in [5.74, 6) is 0. The van der Waals surface area contributed by atoms with Gasteiger partial charge in [-0.25, -0.2) is 4.79 Å². The summed E-state index contributed by atoms with van der Waals surface area (Å²) in [5.41, 5.74) is 7.05. The van der Waals surface area contributed by atoms with Crippen molar-refractivity contribution in [2.75, 3.05) is 36.4 Å². The van der Waals surface area contributed by atoms with Gasteiger partial charge in [-0.2, -0.15) is 0 Å². The number of nitrogens with one attached hydrogen (secondary N) is 1. The number of halogens is 1. The molecule has 4 rings (SSSR count). The number of nitrogens with zero attached hydrogens (tertiary/aromatic N) is 2. The summed E-state index contributed by atoms with van der Waals surface area (Å²) in [5, 5.41) is 3.03. The highest BCUT2D eigenvalue weighted by atomic mass is 35.5. The maximum atomic E-state index is 12.7. The van der Waals surface area contributed by atoms with E-state index in [1.165, 1.54) is 22.4 Å². The minimum atomic E-state index is -0.0296. The Bertz CT molecular complexity index is 981. The second-order valence-corrected chi connectivity index (χ2v) is 7.57. The van der Waals surface area contributed by atoms with E-state index in [0.29, 0.717) is 0 Å². The van der Waals surface area contributed by atoms with Gasteiger partial charge >= 0.3 is 6.03 Å². The number of benzene rings is 3. The molecule has 3 aromatic rings. The molecule has 156 valence electrons. The molecular formula is C25H28ClN3O. The van der Waals surface area contributed by atoms with E-state index in [1.807, 2.05) is 47.4 Å². The zero-order valence-corrected chi connectivity index (χ0v) is 18.3. The Labute approximate surface area is 184 Å². The lowest BCUT2D eigenvalue weighted by atomic mass is 10.1. The molecule has 0 aromatic heterocycles. The third-order valence-corrected chi connectivity index (χ3v) is 5.73. The molecule has 5 heteroatoms. The quantitative estimate of drug-likeness (QED) is 0.584. The van der Waals surface area contributed by atoms with Crippen molar-refractivity contribution in [3.8, 4) is 11.1 Å². The number of rotatable bonds is 3. The van der Waals surface area contributed by atoms with E-state index in [4.69, 9.17) is 0 Å². The van der Waals surface area contributed by atoms with Crippen LogP contribution in [0.25, 0.3) is 11.1 Å². The second kappa shape index (κ2) is 9.68. The lowest BCUT2D eigenvalue weighted by Crippen LogP contribution is -2.50. The highest BCUT2D eigenvalue weighted by molar-refractivity contribution is 5.90.